The first-order valence-corrected chi connectivity index (χ1v) is 8.55. The van der Waals surface area contributed by atoms with Crippen LogP contribution in [0.25, 0.3) is 0 Å². The van der Waals surface area contributed by atoms with Crippen molar-refractivity contribution in [2.75, 3.05) is 6.61 Å². The Balaban J connectivity index is 2.30. The van der Waals surface area contributed by atoms with Crippen LogP contribution >= 0.6 is 0 Å². The summed E-state index contributed by atoms with van der Waals surface area (Å²) in [5.74, 6) is -1.99. The van der Waals surface area contributed by atoms with Crippen molar-refractivity contribution in [3.8, 4) is 0 Å². The molecule has 1 atom stereocenters. The maximum atomic E-state index is 13.8. The highest BCUT2D eigenvalue weighted by atomic mass is 32.2. The van der Waals surface area contributed by atoms with Crippen LogP contribution in [-0.2, 0) is 10.0 Å². The van der Waals surface area contributed by atoms with E-state index < -0.39 is 32.6 Å². The van der Waals surface area contributed by atoms with Gasteiger partial charge < -0.3 is 5.11 Å². The fraction of sp³-hybridized carbons (Fsp3) is 0.250. The number of sulfonamides is 1. The van der Waals surface area contributed by atoms with Crippen LogP contribution in [0.2, 0.25) is 0 Å². The Labute approximate surface area is 133 Å². The number of aliphatic hydroxyl groups is 1. The number of hydrogen-bond donors (Lipinski definition) is 2. The zero-order valence-electron chi connectivity index (χ0n) is 12.2. The van der Waals surface area contributed by atoms with E-state index >= 15 is 0 Å². The number of nitrogens with one attached hydrogen (secondary N) is 1. The maximum Gasteiger partial charge on any atom is 0.244 e. The van der Waals surface area contributed by atoms with Crippen molar-refractivity contribution in [3.05, 3.63) is 65.7 Å². The molecule has 0 aliphatic heterocycles. The summed E-state index contributed by atoms with van der Waals surface area (Å²) in [6, 6.07) is 10.5. The fourth-order valence-electron chi connectivity index (χ4n) is 2.22. The number of hydrogen-bond acceptors (Lipinski definition) is 3. The van der Waals surface area contributed by atoms with Crippen molar-refractivity contribution in [1.82, 2.24) is 4.72 Å². The molecule has 0 amide bonds. The molecule has 2 aromatic rings. The van der Waals surface area contributed by atoms with Crippen molar-refractivity contribution in [2.24, 2.45) is 0 Å². The minimum atomic E-state index is -4.16. The Morgan fingerprint density at radius 1 is 1.09 bits per heavy atom. The largest absolute Gasteiger partial charge is 0.396 e. The van der Waals surface area contributed by atoms with Gasteiger partial charge in [0.05, 0.1) is 0 Å². The molecule has 0 saturated carbocycles. The first kappa shape index (κ1) is 17.5. The predicted molar refractivity (Wildman–Crippen MR) is 82.2 cm³/mol. The zero-order valence-corrected chi connectivity index (χ0v) is 13.1. The van der Waals surface area contributed by atoms with Crippen molar-refractivity contribution >= 4 is 10.0 Å². The second-order valence-electron chi connectivity index (χ2n) is 5.03. The topological polar surface area (TPSA) is 66.4 Å². The number of aliphatic hydroxyl groups excluding tert-OH is 1. The molecule has 0 fully saturated rings. The molecule has 2 aromatic carbocycles. The Bertz CT molecular complexity index is 751. The first-order chi connectivity index (χ1) is 10.9. The van der Waals surface area contributed by atoms with Gasteiger partial charge in [0.25, 0.3) is 0 Å². The zero-order chi connectivity index (χ0) is 16.9. The van der Waals surface area contributed by atoms with Gasteiger partial charge in [-0.25, -0.2) is 21.9 Å². The van der Waals surface area contributed by atoms with Crippen LogP contribution in [0.1, 0.15) is 24.4 Å². The first-order valence-electron chi connectivity index (χ1n) is 7.07. The van der Waals surface area contributed by atoms with Gasteiger partial charge in [-0.1, -0.05) is 30.3 Å². The van der Waals surface area contributed by atoms with Crippen LogP contribution in [0.3, 0.4) is 0 Å². The monoisotopic (exact) mass is 341 g/mol. The number of rotatable bonds is 7. The third-order valence-corrected chi connectivity index (χ3v) is 4.84. The highest BCUT2D eigenvalue weighted by molar-refractivity contribution is 7.89. The summed E-state index contributed by atoms with van der Waals surface area (Å²) in [6.07, 6.45) is 0.733. The highest BCUT2D eigenvalue weighted by Crippen LogP contribution is 2.23. The van der Waals surface area contributed by atoms with Gasteiger partial charge in [0.2, 0.25) is 10.0 Å². The van der Waals surface area contributed by atoms with Crippen LogP contribution in [0.5, 0.6) is 0 Å². The molecule has 23 heavy (non-hydrogen) atoms. The summed E-state index contributed by atoms with van der Waals surface area (Å²) in [6.45, 7) is -0.0873. The summed E-state index contributed by atoms with van der Waals surface area (Å²) in [5.41, 5.74) is 0.701. The van der Waals surface area contributed by atoms with Crippen molar-refractivity contribution in [2.45, 2.75) is 23.8 Å². The molecule has 4 nitrogen and oxygen atoms in total. The van der Waals surface area contributed by atoms with Crippen LogP contribution in [0, 0.1) is 11.6 Å². The van der Waals surface area contributed by atoms with E-state index in [9.17, 15) is 17.2 Å². The van der Waals surface area contributed by atoms with Gasteiger partial charge in [-0.3, -0.25) is 0 Å². The van der Waals surface area contributed by atoms with Gasteiger partial charge in [-0.05, 0) is 30.5 Å². The van der Waals surface area contributed by atoms with Crippen LogP contribution in [-0.4, -0.2) is 20.1 Å². The lowest BCUT2D eigenvalue weighted by molar-refractivity contribution is 0.278. The molecule has 0 saturated heterocycles. The number of benzene rings is 2. The predicted octanol–water partition coefficient (Wildman–Crippen LogP) is 2.76. The van der Waals surface area contributed by atoms with E-state index in [1.54, 1.807) is 30.3 Å². The normalized spacial score (nSPS) is 13.0. The molecule has 7 heteroatoms. The quantitative estimate of drug-likeness (QED) is 0.814. The third kappa shape index (κ3) is 4.57. The van der Waals surface area contributed by atoms with Gasteiger partial charge >= 0.3 is 0 Å². The molecule has 0 bridgehead atoms. The van der Waals surface area contributed by atoms with Crippen molar-refractivity contribution in [1.29, 1.82) is 0 Å². The molecule has 0 spiro atoms. The average Bonchev–Trinajstić information content (AvgIpc) is 2.51. The molecular weight excluding hydrogens is 324 g/mol. The Hall–Kier alpha value is -1.83. The fourth-order valence-corrected chi connectivity index (χ4v) is 3.54. The summed E-state index contributed by atoms with van der Waals surface area (Å²) >= 11 is 0. The third-order valence-electron chi connectivity index (χ3n) is 3.33. The lowest BCUT2D eigenvalue weighted by Crippen LogP contribution is -2.29. The molecule has 0 heterocycles. The maximum absolute atomic E-state index is 13.8. The lowest BCUT2D eigenvalue weighted by atomic mass is 10.0. The Morgan fingerprint density at radius 2 is 1.78 bits per heavy atom. The molecule has 1 unspecified atom stereocenters. The van der Waals surface area contributed by atoms with Crippen molar-refractivity contribution in [3.63, 3.8) is 0 Å². The van der Waals surface area contributed by atoms with Crippen LogP contribution in [0.15, 0.2) is 53.4 Å². The van der Waals surface area contributed by atoms with Gasteiger partial charge in [-0.2, -0.15) is 0 Å². The summed E-state index contributed by atoms with van der Waals surface area (Å²) in [7, 11) is -4.16. The van der Waals surface area contributed by atoms with E-state index in [-0.39, 0.29) is 6.61 Å². The standard InChI is InChI=1S/C16H17F2NO3S/c17-13-8-9-16(14(18)11-13)23(21,22)19-15(7-4-10-20)12-5-2-1-3-6-12/h1-3,5-6,8-9,11,15,19-20H,4,7,10H2. The Kier molecular flexibility index (Phi) is 5.81. The molecular formula is C16H17F2NO3S. The second kappa shape index (κ2) is 7.63. The van der Waals surface area contributed by atoms with Crippen molar-refractivity contribution < 1.29 is 22.3 Å². The molecule has 124 valence electrons. The summed E-state index contributed by atoms with van der Waals surface area (Å²) < 4.78 is 53.9. The molecule has 0 aliphatic carbocycles. The minimum absolute atomic E-state index is 0.0873. The van der Waals surface area contributed by atoms with Gasteiger partial charge in [-0.15, -0.1) is 0 Å². The molecule has 2 N–H and O–H groups in total. The second-order valence-corrected chi connectivity index (χ2v) is 6.71. The van der Waals surface area contributed by atoms with Gasteiger partial charge in [0, 0.05) is 18.7 Å². The molecule has 0 aliphatic rings. The number of halogens is 2. The lowest BCUT2D eigenvalue weighted by Gasteiger charge is -2.19. The van der Waals surface area contributed by atoms with E-state index in [1.165, 1.54) is 0 Å². The summed E-state index contributed by atoms with van der Waals surface area (Å²) in [5, 5.41) is 8.97. The minimum Gasteiger partial charge on any atom is -0.396 e. The highest BCUT2D eigenvalue weighted by Gasteiger charge is 2.24. The SMILES string of the molecule is O=S(=O)(NC(CCCO)c1ccccc1)c1ccc(F)cc1F. The van der Waals surface area contributed by atoms with Gasteiger partial charge in [0.1, 0.15) is 16.5 Å². The van der Waals surface area contributed by atoms with E-state index in [2.05, 4.69) is 4.72 Å². The van der Waals surface area contributed by atoms with Crippen LogP contribution < -0.4 is 4.72 Å². The van der Waals surface area contributed by atoms with E-state index in [1.807, 2.05) is 0 Å². The smallest absolute Gasteiger partial charge is 0.244 e. The Morgan fingerprint density at radius 3 is 2.39 bits per heavy atom. The summed E-state index contributed by atoms with van der Waals surface area (Å²) in [4.78, 5) is -0.608. The van der Waals surface area contributed by atoms with E-state index in [0.717, 1.165) is 12.1 Å². The van der Waals surface area contributed by atoms with Gasteiger partial charge in [0.15, 0.2) is 0 Å². The van der Waals surface area contributed by atoms with E-state index in [0.29, 0.717) is 24.5 Å². The van der Waals surface area contributed by atoms with E-state index in [4.69, 9.17) is 5.11 Å². The molecule has 2 rings (SSSR count). The van der Waals surface area contributed by atoms with Crippen LogP contribution in [0.4, 0.5) is 8.78 Å². The molecule has 0 radical (unpaired) electrons. The molecule has 0 aromatic heterocycles. The average molecular weight is 341 g/mol.